The quantitative estimate of drug-likeness (QED) is 0.872. The van der Waals surface area contributed by atoms with Gasteiger partial charge in [0.15, 0.2) is 0 Å². The van der Waals surface area contributed by atoms with Gasteiger partial charge in [-0.25, -0.2) is 4.79 Å². The Kier molecular flexibility index (Phi) is 2.43. The van der Waals surface area contributed by atoms with E-state index >= 15 is 0 Å². The van der Waals surface area contributed by atoms with Crippen LogP contribution in [0, 0.1) is 0 Å². The van der Waals surface area contributed by atoms with Crippen LogP contribution in [0.15, 0.2) is 30.5 Å². The third-order valence-electron chi connectivity index (χ3n) is 2.81. The fourth-order valence-electron chi connectivity index (χ4n) is 1.72. The van der Waals surface area contributed by atoms with Gasteiger partial charge in [-0.3, -0.25) is 0 Å². The first kappa shape index (κ1) is 11.0. The fraction of sp³-hybridized carbons (Fsp3) is 0.250. The van der Waals surface area contributed by atoms with Crippen molar-refractivity contribution in [1.29, 1.82) is 0 Å². The highest BCUT2D eigenvalue weighted by Crippen LogP contribution is 2.28. The maximum absolute atomic E-state index is 11.2. The van der Waals surface area contributed by atoms with Crippen molar-refractivity contribution < 1.29 is 9.90 Å². The number of carbonyl (C=O) groups is 1. The third-order valence-corrected chi connectivity index (χ3v) is 3.13. The normalized spacial score (nSPS) is 11.9. The van der Waals surface area contributed by atoms with Crippen molar-refractivity contribution in [2.24, 2.45) is 0 Å². The SMILES string of the molecule is CC(C)(C(=O)O)n1ccc2c(Cl)cccc21. The molecule has 0 aliphatic heterocycles. The molecule has 0 bridgehead atoms. The molecule has 84 valence electrons. The molecule has 3 nitrogen and oxygen atoms in total. The first-order chi connectivity index (χ1) is 7.44. The second-order valence-corrected chi connectivity index (χ2v) is 4.63. The molecule has 0 radical (unpaired) electrons. The molecule has 0 amide bonds. The van der Waals surface area contributed by atoms with Crippen molar-refractivity contribution >= 4 is 28.5 Å². The van der Waals surface area contributed by atoms with E-state index in [1.165, 1.54) is 0 Å². The van der Waals surface area contributed by atoms with Crippen molar-refractivity contribution in [3.63, 3.8) is 0 Å². The summed E-state index contributed by atoms with van der Waals surface area (Å²) < 4.78 is 1.72. The summed E-state index contributed by atoms with van der Waals surface area (Å²) in [5, 5.41) is 10.7. The Morgan fingerprint density at radius 3 is 2.69 bits per heavy atom. The van der Waals surface area contributed by atoms with Crippen LogP contribution in [0.1, 0.15) is 13.8 Å². The van der Waals surface area contributed by atoms with Crippen LogP contribution in [0.3, 0.4) is 0 Å². The molecule has 0 aliphatic carbocycles. The highest BCUT2D eigenvalue weighted by Gasteiger charge is 2.30. The van der Waals surface area contributed by atoms with E-state index in [9.17, 15) is 9.90 Å². The lowest BCUT2D eigenvalue weighted by molar-refractivity contribution is -0.145. The zero-order valence-electron chi connectivity index (χ0n) is 9.07. The zero-order valence-corrected chi connectivity index (χ0v) is 9.82. The molecule has 4 heteroatoms. The number of aliphatic carboxylic acids is 1. The minimum absolute atomic E-state index is 0.637. The van der Waals surface area contributed by atoms with E-state index in [1.54, 1.807) is 30.7 Å². The lowest BCUT2D eigenvalue weighted by atomic mass is 10.1. The summed E-state index contributed by atoms with van der Waals surface area (Å²) in [5.74, 6) is -0.870. The Morgan fingerprint density at radius 1 is 1.38 bits per heavy atom. The standard InChI is InChI=1S/C12H12ClNO2/c1-12(2,11(15)16)14-7-6-8-9(13)4-3-5-10(8)14/h3-7H,1-2H3,(H,15,16). The molecule has 0 saturated carbocycles. The van der Waals surface area contributed by atoms with Gasteiger partial charge < -0.3 is 9.67 Å². The molecule has 0 atom stereocenters. The first-order valence-corrected chi connectivity index (χ1v) is 5.32. The summed E-state index contributed by atoms with van der Waals surface area (Å²) >= 11 is 6.04. The number of rotatable bonds is 2. The molecule has 1 N–H and O–H groups in total. The second-order valence-electron chi connectivity index (χ2n) is 4.22. The predicted octanol–water partition coefficient (Wildman–Crippen LogP) is 3.11. The van der Waals surface area contributed by atoms with Crippen LogP contribution < -0.4 is 0 Å². The van der Waals surface area contributed by atoms with Gasteiger partial charge in [-0.2, -0.15) is 0 Å². The summed E-state index contributed by atoms with van der Waals surface area (Å²) in [7, 11) is 0. The fourth-order valence-corrected chi connectivity index (χ4v) is 1.95. The Bertz CT molecular complexity index is 557. The number of aromatic nitrogens is 1. The molecule has 1 aromatic heterocycles. The lowest BCUT2D eigenvalue weighted by Crippen LogP contribution is -2.34. The van der Waals surface area contributed by atoms with E-state index in [1.807, 2.05) is 18.2 Å². The van der Waals surface area contributed by atoms with Gasteiger partial charge in [0.2, 0.25) is 0 Å². The van der Waals surface area contributed by atoms with Gasteiger partial charge in [-0.05, 0) is 32.0 Å². The van der Waals surface area contributed by atoms with E-state index in [0.717, 1.165) is 10.9 Å². The van der Waals surface area contributed by atoms with Crippen LogP contribution in [0.2, 0.25) is 5.02 Å². The number of carboxylic acid groups (broad SMARTS) is 1. The molecule has 2 rings (SSSR count). The third kappa shape index (κ3) is 1.48. The van der Waals surface area contributed by atoms with E-state index in [2.05, 4.69) is 0 Å². The summed E-state index contributed by atoms with van der Waals surface area (Å²) in [6.45, 7) is 3.32. The maximum atomic E-state index is 11.2. The van der Waals surface area contributed by atoms with Crippen LogP contribution in [-0.4, -0.2) is 15.6 Å². The molecule has 1 heterocycles. The number of hydrogen-bond acceptors (Lipinski definition) is 1. The molecular formula is C12H12ClNO2. The van der Waals surface area contributed by atoms with E-state index in [0.29, 0.717) is 5.02 Å². The van der Waals surface area contributed by atoms with E-state index < -0.39 is 11.5 Å². The van der Waals surface area contributed by atoms with Gasteiger partial charge in [0.25, 0.3) is 0 Å². The highest BCUT2D eigenvalue weighted by molar-refractivity contribution is 6.35. The average Bonchev–Trinajstić information content (AvgIpc) is 2.63. The van der Waals surface area contributed by atoms with Crippen molar-refractivity contribution in [1.82, 2.24) is 4.57 Å². The minimum atomic E-state index is -0.980. The molecule has 2 aromatic rings. The number of benzene rings is 1. The molecule has 0 fully saturated rings. The summed E-state index contributed by atoms with van der Waals surface area (Å²) in [6, 6.07) is 7.31. The van der Waals surface area contributed by atoms with Gasteiger partial charge in [0.05, 0.1) is 5.52 Å². The van der Waals surface area contributed by atoms with Gasteiger partial charge in [-0.15, -0.1) is 0 Å². The number of hydrogen-bond donors (Lipinski definition) is 1. The number of fused-ring (bicyclic) bond motifs is 1. The molecule has 16 heavy (non-hydrogen) atoms. The van der Waals surface area contributed by atoms with Crippen molar-refractivity contribution in [3.8, 4) is 0 Å². The van der Waals surface area contributed by atoms with E-state index in [4.69, 9.17) is 11.6 Å². The molecular weight excluding hydrogens is 226 g/mol. The second kappa shape index (κ2) is 3.52. The molecule has 0 saturated heterocycles. The van der Waals surface area contributed by atoms with Crippen LogP contribution in [0.5, 0.6) is 0 Å². The summed E-state index contributed by atoms with van der Waals surface area (Å²) in [4.78, 5) is 11.2. The number of nitrogens with zero attached hydrogens (tertiary/aromatic N) is 1. The lowest BCUT2D eigenvalue weighted by Gasteiger charge is -2.22. The summed E-state index contributed by atoms with van der Waals surface area (Å²) in [5.41, 5.74) is -0.146. The van der Waals surface area contributed by atoms with Crippen LogP contribution in [-0.2, 0) is 10.3 Å². The maximum Gasteiger partial charge on any atom is 0.329 e. The van der Waals surface area contributed by atoms with Crippen LogP contribution in [0.4, 0.5) is 0 Å². The van der Waals surface area contributed by atoms with Gasteiger partial charge in [0.1, 0.15) is 5.54 Å². The average molecular weight is 238 g/mol. The zero-order chi connectivity index (χ0) is 11.9. The van der Waals surface area contributed by atoms with Gasteiger partial charge >= 0.3 is 5.97 Å². The minimum Gasteiger partial charge on any atom is -0.480 e. The van der Waals surface area contributed by atoms with Crippen LogP contribution in [0.25, 0.3) is 10.9 Å². The Labute approximate surface area is 98.3 Å². The molecule has 0 unspecified atom stereocenters. The summed E-state index contributed by atoms with van der Waals surface area (Å²) in [6.07, 6.45) is 1.75. The Balaban J connectivity index is 2.72. The van der Waals surface area contributed by atoms with E-state index in [-0.39, 0.29) is 0 Å². The molecule has 1 aromatic carbocycles. The van der Waals surface area contributed by atoms with Crippen molar-refractivity contribution in [3.05, 3.63) is 35.5 Å². The predicted molar refractivity (Wildman–Crippen MR) is 63.9 cm³/mol. The Morgan fingerprint density at radius 2 is 2.06 bits per heavy atom. The monoisotopic (exact) mass is 237 g/mol. The molecule has 0 spiro atoms. The van der Waals surface area contributed by atoms with Crippen molar-refractivity contribution in [2.45, 2.75) is 19.4 Å². The smallest absolute Gasteiger partial charge is 0.329 e. The van der Waals surface area contributed by atoms with Crippen LogP contribution >= 0.6 is 11.6 Å². The number of halogens is 1. The van der Waals surface area contributed by atoms with Gasteiger partial charge in [-0.1, -0.05) is 17.7 Å². The topological polar surface area (TPSA) is 42.2 Å². The van der Waals surface area contributed by atoms with Gasteiger partial charge in [0, 0.05) is 16.6 Å². The largest absolute Gasteiger partial charge is 0.480 e. The number of carboxylic acids is 1. The van der Waals surface area contributed by atoms with Crippen molar-refractivity contribution in [2.75, 3.05) is 0 Å². The molecule has 0 aliphatic rings. The first-order valence-electron chi connectivity index (χ1n) is 4.94. The Hall–Kier alpha value is -1.48. The highest BCUT2D eigenvalue weighted by atomic mass is 35.5.